The van der Waals surface area contributed by atoms with Gasteiger partial charge in [-0.2, -0.15) is 4.31 Å². The number of amides is 1. The van der Waals surface area contributed by atoms with Crippen molar-refractivity contribution in [3.8, 4) is 0 Å². The van der Waals surface area contributed by atoms with Crippen LogP contribution in [0.5, 0.6) is 0 Å². The van der Waals surface area contributed by atoms with Crippen molar-refractivity contribution in [2.45, 2.75) is 17.7 Å². The molecule has 0 spiro atoms. The van der Waals surface area contributed by atoms with Crippen LogP contribution in [0.25, 0.3) is 10.2 Å². The number of hydrogen-bond acceptors (Lipinski definition) is 5. The van der Waals surface area contributed by atoms with Crippen LogP contribution in [0.4, 0.5) is 9.52 Å². The molecule has 10 heteroatoms. The highest BCUT2D eigenvalue weighted by Crippen LogP contribution is 2.31. The monoisotopic (exact) mass is 439 g/mol. The fraction of sp³-hybridized carbons (Fsp3) is 0.222. The van der Waals surface area contributed by atoms with Gasteiger partial charge in [-0.3, -0.25) is 10.1 Å². The van der Waals surface area contributed by atoms with Crippen LogP contribution in [0.15, 0.2) is 41.3 Å². The Kier molecular flexibility index (Phi) is 5.09. The summed E-state index contributed by atoms with van der Waals surface area (Å²) in [4.78, 5) is 16.8. The lowest BCUT2D eigenvalue weighted by molar-refractivity contribution is 0.102. The Morgan fingerprint density at radius 1 is 1.21 bits per heavy atom. The number of carbonyl (C=O) groups excluding carboxylic acids is 1. The van der Waals surface area contributed by atoms with Crippen molar-refractivity contribution >= 4 is 54.2 Å². The van der Waals surface area contributed by atoms with E-state index in [1.165, 1.54) is 22.5 Å². The SMILES string of the molecule is O=C(Nc1nc2ccc(S(=O)(=O)N3CCCC3)cc2s1)c1c(F)cccc1Cl. The highest BCUT2D eigenvalue weighted by molar-refractivity contribution is 7.89. The van der Waals surface area contributed by atoms with Crippen molar-refractivity contribution in [1.29, 1.82) is 0 Å². The number of halogens is 2. The number of anilines is 1. The summed E-state index contributed by atoms with van der Waals surface area (Å²) >= 11 is 7.03. The minimum atomic E-state index is -3.54. The van der Waals surface area contributed by atoms with E-state index in [1.807, 2.05) is 0 Å². The van der Waals surface area contributed by atoms with Gasteiger partial charge in [0.25, 0.3) is 5.91 Å². The number of sulfonamides is 1. The van der Waals surface area contributed by atoms with Gasteiger partial charge in [0.05, 0.1) is 25.7 Å². The first-order valence-corrected chi connectivity index (χ1v) is 11.2. The lowest BCUT2D eigenvalue weighted by atomic mass is 10.2. The van der Waals surface area contributed by atoms with Crippen LogP contribution in [-0.4, -0.2) is 36.7 Å². The largest absolute Gasteiger partial charge is 0.298 e. The summed E-state index contributed by atoms with van der Waals surface area (Å²) in [6, 6.07) is 8.64. The van der Waals surface area contributed by atoms with Crippen LogP contribution in [0.2, 0.25) is 5.02 Å². The number of fused-ring (bicyclic) bond motifs is 1. The summed E-state index contributed by atoms with van der Waals surface area (Å²) in [6.07, 6.45) is 1.72. The molecule has 6 nitrogen and oxygen atoms in total. The molecule has 0 radical (unpaired) electrons. The number of rotatable bonds is 4. The number of nitrogens with zero attached hydrogens (tertiary/aromatic N) is 2. The predicted octanol–water partition coefficient (Wildman–Crippen LogP) is 4.13. The van der Waals surface area contributed by atoms with E-state index >= 15 is 0 Å². The molecule has 1 amide bonds. The molecule has 1 aromatic heterocycles. The van der Waals surface area contributed by atoms with E-state index in [1.54, 1.807) is 12.1 Å². The van der Waals surface area contributed by atoms with Crippen molar-refractivity contribution in [3.63, 3.8) is 0 Å². The second-order valence-corrected chi connectivity index (χ2v) is 9.69. The summed E-state index contributed by atoms with van der Waals surface area (Å²) < 4.78 is 41.4. The zero-order valence-electron chi connectivity index (χ0n) is 14.5. The maximum Gasteiger partial charge on any atom is 0.261 e. The average molecular weight is 440 g/mol. The molecule has 1 fully saturated rings. The molecule has 1 N–H and O–H groups in total. The number of aromatic nitrogens is 1. The summed E-state index contributed by atoms with van der Waals surface area (Å²) in [7, 11) is -3.54. The van der Waals surface area contributed by atoms with Crippen LogP contribution < -0.4 is 5.32 Å². The summed E-state index contributed by atoms with van der Waals surface area (Å²) in [5, 5.41) is 2.76. The molecular formula is C18H15ClFN3O3S2. The minimum Gasteiger partial charge on any atom is -0.298 e. The Balaban J connectivity index is 1.63. The van der Waals surface area contributed by atoms with E-state index in [9.17, 15) is 17.6 Å². The Labute approximate surface area is 170 Å². The molecule has 1 saturated heterocycles. The molecule has 0 atom stereocenters. The summed E-state index contributed by atoms with van der Waals surface area (Å²) in [6.45, 7) is 1.04. The van der Waals surface area contributed by atoms with Crippen molar-refractivity contribution < 1.29 is 17.6 Å². The number of benzene rings is 2. The average Bonchev–Trinajstić information content (AvgIpc) is 3.30. The second-order valence-electron chi connectivity index (χ2n) is 6.31. The quantitative estimate of drug-likeness (QED) is 0.663. The fourth-order valence-corrected chi connectivity index (χ4v) is 5.84. The second kappa shape index (κ2) is 7.40. The Hall–Kier alpha value is -2.07. The van der Waals surface area contributed by atoms with Gasteiger partial charge in [0.2, 0.25) is 10.0 Å². The Morgan fingerprint density at radius 2 is 1.96 bits per heavy atom. The topological polar surface area (TPSA) is 79.4 Å². The third-order valence-electron chi connectivity index (χ3n) is 4.47. The van der Waals surface area contributed by atoms with Crippen molar-refractivity contribution in [3.05, 3.63) is 52.8 Å². The Morgan fingerprint density at radius 3 is 2.68 bits per heavy atom. The number of nitrogens with one attached hydrogen (secondary N) is 1. The van der Waals surface area contributed by atoms with Gasteiger partial charge in [-0.1, -0.05) is 29.0 Å². The molecule has 4 rings (SSSR count). The number of hydrogen-bond donors (Lipinski definition) is 1. The van der Waals surface area contributed by atoms with Gasteiger partial charge >= 0.3 is 0 Å². The first-order valence-electron chi connectivity index (χ1n) is 8.52. The lowest BCUT2D eigenvalue weighted by Crippen LogP contribution is -2.27. The minimum absolute atomic E-state index is 0.00222. The first-order chi connectivity index (χ1) is 13.4. The van der Waals surface area contributed by atoms with Gasteiger partial charge in [-0.05, 0) is 43.2 Å². The molecule has 2 aromatic carbocycles. The highest BCUT2D eigenvalue weighted by Gasteiger charge is 2.27. The number of carbonyl (C=O) groups is 1. The van der Waals surface area contributed by atoms with E-state index in [-0.39, 0.29) is 20.6 Å². The molecule has 0 unspecified atom stereocenters. The summed E-state index contributed by atoms with van der Waals surface area (Å²) in [5.74, 6) is -1.45. The zero-order chi connectivity index (χ0) is 19.9. The molecule has 146 valence electrons. The van der Waals surface area contributed by atoms with Crippen LogP contribution in [-0.2, 0) is 10.0 Å². The molecule has 0 bridgehead atoms. The summed E-state index contributed by atoms with van der Waals surface area (Å²) in [5.41, 5.74) is 0.279. The van der Waals surface area contributed by atoms with Gasteiger partial charge in [-0.15, -0.1) is 0 Å². The normalized spacial score (nSPS) is 15.2. The third-order valence-corrected chi connectivity index (χ3v) is 7.62. The molecule has 0 aliphatic carbocycles. The standard InChI is InChI=1S/C18H15ClFN3O3S2/c19-12-4-3-5-13(20)16(12)17(24)22-18-21-14-7-6-11(10-15(14)27-18)28(25,26)23-8-1-2-9-23/h3-7,10H,1-2,8-9H2,(H,21,22,24). The van der Waals surface area contributed by atoms with E-state index < -0.39 is 21.7 Å². The molecule has 3 aromatic rings. The molecule has 1 aliphatic heterocycles. The van der Waals surface area contributed by atoms with Crippen LogP contribution in [0, 0.1) is 5.82 Å². The molecule has 28 heavy (non-hydrogen) atoms. The van der Waals surface area contributed by atoms with Gasteiger partial charge in [0.15, 0.2) is 5.13 Å². The van der Waals surface area contributed by atoms with E-state index in [0.29, 0.717) is 23.3 Å². The predicted molar refractivity (Wildman–Crippen MR) is 107 cm³/mol. The third kappa shape index (κ3) is 3.50. The molecular weight excluding hydrogens is 425 g/mol. The van der Waals surface area contributed by atoms with E-state index in [4.69, 9.17) is 11.6 Å². The molecule has 0 saturated carbocycles. The lowest BCUT2D eigenvalue weighted by Gasteiger charge is -2.15. The van der Waals surface area contributed by atoms with Crippen LogP contribution >= 0.6 is 22.9 Å². The maximum atomic E-state index is 13.9. The highest BCUT2D eigenvalue weighted by atomic mass is 35.5. The Bertz CT molecular complexity index is 1150. The van der Waals surface area contributed by atoms with Crippen LogP contribution in [0.1, 0.15) is 23.2 Å². The van der Waals surface area contributed by atoms with E-state index in [2.05, 4.69) is 10.3 Å². The van der Waals surface area contributed by atoms with Gasteiger partial charge < -0.3 is 0 Å². The zero-order valence-corrected chi connectivity index (χ0v) is 16.9. The molecule has 2 heterocycles. The van der Waals surface area contributed by atoms with Gasteiger partial charge in [0, 0.05) is 13.1 Å². The molecule has 1 aliphatic rings. The number of thiazole rings is 1. The smallest absolute Gasteiger partial charge is 0.261 e. The van der Waals surface area contributed by atoms with Crippen molar-refractivity contribution in [2.24, 2.45) is 0 Å². The van der Waals surface area contributed by atoms with Gasteiger partial charge in [-0.25, -0.2) is 17.8 Å². The maximum absolute atomic E-state index is 13.9. The van der Waals surface area contributed by atoms with Gasteiger partial charge in [0.1, 0.15) is 5.82 Å². The fourth-order valence-electron chi connectivity index (χ4n) is 3.07. The van der Waals surface area contributed by atoms with Crippen molar-refractivity contribution in [1.82, 2.24) is 9.29 Å². The van der Waals surface area contributed by atoms with E-state index in [0.717, 1.165) is 30.2 Å². The van der Waals surface area contributed by atoms with Crippen LogP contribution in [0.3, 0.4) is 0 Å². The first kappa shape index (κ1) is 19.3. The van der Waals surface area contributed by atoms with Crippen molar-refractivity contribution in [2.75, 3.05) is 18.4 Å².